The summed E-state index contributed by atoms with van der Waals surface area (Å²) in [5.74, 6) is 1.42. The minimum Gasteiger partial charge on any atom is -0.468 e. The Balaban J connectivity index is 1.86. The van der Waals surface area contributed by atoms with Gasteiger partial charge in [-0.2, -0.15) is 0 Å². The predicted molar refractivity (Wildman–Crippen MR) is 94.3 cm³/mol. The van der Waals surface area contributed by atoms with Crippen molar-refractivity contribution in [3.63, 3.8) is 0 Å². The van der Waals surface area contributed by atoms with E-state index < -0.39 is 0 Å². The summed E-state index contributed by atoms with van der Waals surface area (Å²) in [6.07, 6.45) is 0.988. The first-order valence-corrected chi connectivity index (χ1v) is 8.21. The Morgan fingerprint density at radius 3 is 2.70 bits per heavy atom. The van der Waals surface area contributed by atoms with Gasteiger partial charge in [0.1, 0.15) is 5.75 Å². The van der Waals surface area contributed by atoms with Crippen LogP contribution in [0.5, 0.6) is 5.75 Å². The number of benzene rings is 3. The van der Waals surface area contributed by atoms with Gasteiger partial charge in [-0.1, -0.05) is 48.5 Å². The Labute approximate surface area is 136 Å². The molecule has 2 atom stereocenters. The number of hydrogen-bond acceptors (Lipinski definition) is 2. The molecule has 114 valence electrons. The summed E-state index contributed by atoms with van der Waals surface area (Å²) in [5, 5.41) is 2.60. The van der Waals surface area contributed by atoms with Gasteiger partial charge in [-0.3, -0.25) is 0 Å². The molecule has 2 bridgehead atoms. The van der Waals surface area contributed by atoms with Crippen LogP contribution in [-0.2, 0) is 0 Å². The molecule has 0 aliphatic carbocycles. The van der Waals surface area contributed by atoms with E-state index in [-0.39, 0.29) is 5.72 Å². The summed E-state index contributed by atoms with van der Waals surface area (Å²) >= 11 is 0. The second-order valence-corrected chi connectivity index (χ2v) is 6.85. The van der Waals surface area contributed by atoms with Crippen LogP contribution in [0.1, 0.15) is 30.4 Å². The van der Waals surface area contributed by atoms with Gasteiger partial charge in [0.2, 0.25) is 0 Å². The number of rotatable bonds is 0. The van der Waals surface area contributed by atoms with Crippen molar-refractivity contribution in [3.8, 4) is 5.75 Å². The Kier molecular flexibility index (Phi) is 2.42. The van der Waals surface area contributed by atoms with E-state index in [4.69, 9.17) is 4.74 Å². The molecular weight excluding hydrogens is 282 g/mol. The summed E-state index contributed by atoms with van der Waals surface area (Å²) in [6.45, 7) is 2.20. The van der Waals surface area contributed by atoms with Crippen molar-refractivity contribution in [1.82, 2.24) is 0 Å². The molecule has 0 N–H and O–H groups in total. The molecule has 3 aromatic carbocycles. The molecule has 2 aliphatic heterocycles. The summed E-state index contributed by atoms with van der Waals surface area (Å²) < 4.78 is 6.49. The van der Waals surface area contributed by atoms with Gasteiger partial charge >= 0.3 is 0 Å². The summed E-state index contributed by atoms with van der Waals surface area (Å²) in [5.41, 5.74) is 3.76. The van der Waals surface area contributed by atoms with E-state index in [2.05, 4.69) is 79.5 Å². The van der Waals surface area contributed by atoms with Crippen LogP contribution in [0.4, 0.5) is 5.69 Å². The van der Waals surface area contributed by atoms with Crippen molar-refractivity contribution in [1.29, 1.82) is 0 Å². The molecule has 0 saturated heterocycles. The maximum Gasteiger partial charge on any atom is 0.180 e. The number of nitrogens with zero attached hydrogens (tertiary/aromatic N) is 1. The normalized spacial score (nSPS) is 24.8. The third kappa shape index (κ3) is 1.64. The summed E-state index contributed by atoms with van der Waals surface area (Å²) in [6, 6.07) is 21.7. The highest BCUT2D eigenvalue weighted by atomic mass is 16.5. The number of hydrogen-bond donors (Lipinski definition) is 0. The molecule has 3 aromatic rings. The van der Waals surface area contributed by atoms with Crippen LogP contribution in [0.15, 0.2) is 60.7 Å². The van der Waals surface area contributed by atoms with Gasteiger partial charge in [-0.05, 0) is 35.4 Å². The SMILES string of the molecule is CN1c2ccccc2C2CC1(C)Oc1ccc3ccccc3c12. The zero-order valence-corrected chi connectivity index (χ0v) is 13.4. The Bertz CT molecular complexity index is 932. The number of para-hydroxylation sites is 1. The average Bonchev–Trinajstić information content (AvgIpc) is 2.59. The zero-order chi connectivity index (χ0) is 15.6. The lowest BCUT2D eigenvalue weighted by Crippen LogP contribution is -2.55. The van der Waals surface area contributed by atoms with E-state index in [1.165, 1.54) is 27.6 Å². The van der Waals surface area contributed by atoms with Crippen LogP contribution >= 0.6 is 0 Å². The van der Waals surface area contributed by atoms with Crippen molar-refractivity contribution >= 4 is 16.5 Å². The first-order valence-electron chi connectivity index (χ1n) is 8.21. The highest BCUT2D eigenvalue weighted by Gasteiger charge is 2.46. The standard InChI is InChI=1S/C21H19NO/c1-21-13-17(16-9-5-6-10-18(16)22(21)2)20-15-8-4-3-7-14(15)11-12-19(20)23-21/h3-12,17H,13H2,1-2H3. The lowest BCUT2D eigenvalue weighted by Gasteiger charge is -2.51. The molecule has 0 spiro atoms. The molecule has 0 amide bonds. The number of fused-ring (bicyclic) bond motifs is 8. The van der Waals surface area contributed by atoms with Crippen molar-refractivity contribution in [3.05, 3.63) is 71.8 Å². The van der Waals surface area contributed by atoms with E-state index in [1.54, 1.807) is 0 Å². The largest absolute Gasteiger partial charge is 0.468 e. The van der Waals surface area contributed by atoms with Gasteiger partial charge in [0.25, 0.3) is 0 Å². The molecule has 0 radical (unpaired) electrons. The quantitative estimate of drug-likeness (QED) is 0.584. The monoisotopic (exact) mass is 301 g/mol. The smallest absolute Gasteiger partial charge is 0.180 e. The van der Waals surface area contributed by atoms with Crippen LogP contribution in [0, 0.1) is 0 Å². The third-order valence-electron chi connectivity index (χ3n) is 5.57. The number of ether oxygens (including phenoxy) is 1. The molecule has 2 nitrogen and oxygen atoms in total. The Morgan fingerprint density at radius 2 is 1.78 bits per heavy atom. The average molecular weight is 301 g/mol. The molecule has 23 heavy (non-hydrogen) atoms. The van der Waals surface area contributed by atoms with Gasteiger partial charge in [-0.25, -0.2) is 0 Å². The minimum absolute atomic E-state index is 0.283. The second kappa shape index (κ2) is 4.29. The number of anilines is 1. The maximum absolute atomic E-state index is 6.49. The molecular formula is C21H19NO. The summed E-state index contributed by atoms with van der Waals surface area (Å²) in [7, 11) is 2.14. The fraction of sp³-hybridized carbons (Fsp3) is 0.238. The molecule has 5 rings (SSSR count). The van der Waals surface area contributed by atoms with Crippen molar-refractivity contribution in [2.45, 2.75) is 25.0 Å². The third-order valence-corrected chi connectivity index (χ3v) is 5.57. The van der Waals surface area contributed by atoms with Gasteiger partial charge in [0, 0.05) is 30.6 Å². The van der Waals surface area contributed by atoms with E-state index in [1.807, 2.05) is 0 Å². The van der Waals surface area contributed by atoms with Gasteiger partial charge in [0.05, 0.1) is 0 Å². The van der Waals surface area contributed by atoms with E-state index in [9.17, 15) is 0 Å². The highest BCUT2D eigenvalue weighted by Crippen LogP contribution is 2.53. The topological polar surface area (TPSA) is 12.5 Å². The lowest BCUT2D eigenvalue weighted by molar-refractivity contribution is 0.0535. The van der Waals surface area contributed by atoms with Crippen molar-refractivity contribution < 1.29 is 4.74 Å². The van der Waals surface area contributed by atoms with Crippen LogP contribution < -0.4 is 9.64 Å². The lowest BCUT2D eigenvalue weighted by atomic mass is 9.76. The first-order chi connectivity index (χ1) is 11.2. The van der Waals surface area contributed by atoms with E-state index >= 15 is 0 Å². The van der Waals surface area contributed by atoms with Gasteiger partial charge in [-0.15, -0.1) is 0 Å². The first kappa shape index (κ1) is 13.0. The molecule has 2 heteroatoms. The van der Waals surface area contributed by atoms with Crippen LogP contribution in [-0.4, -0.2) is 12.8 Å². The predicted octanol–water partition coefficient (Wildman–Crippen LogP) is 4.92. The van der Waals surface area contributed by atoms with Crippen molar-refractivity contribution in [2.75, 3.05) is 11.9 Å². The van der Waals surface area contributed by atoms with Crippen LogP contribution in [0.3, 0.4) is 0 Å². The minimum atomic E-state index is -0.283. The van der Waals surface area contributed by atoms with Crippen molar-refractivity contribution in [2.24, 2.45) is 0 Å². The second-order valence-electron chi connectivity index (χ2n) is 6.85. The molecule has 0 saturated carbocycles. The molecule has 2 unspecified atom stereocenters. The van der Waals surface area contributed by atoms with E-state index in [0.717, 1.165) is 12.2 Å². The highest BCUT2D eigenvalue weighted by molar-refractivity contribution is 5.89. The maximum atomic E-state index is 6.49. The van der Waals surface area contributed by atoms with E-state index in [0.29, 0.717) is 5.92 Å². The van der Waals surface area contributed by atoms with Gasteiger partial charge in [0.15, 0.2) is 5.72 Å². The molecule has 0 aromatic heterocycles. The fourth-order valence-corrected chi connectivity index (χ4v) is 4.30. The molecule has 0 fully saturated rings. The van der Waals surface area contributed by atoms with Crippen LogP contribution in [0.2, 0.25) is 0 Å². The van der Waals surface area contributed by atoms with Gasteiger partial charge < -0.3 is 9.64 Å². The molecule has 2 aliphatic rings. The zero-order valence-electron chi connectivity index (χ0n) is 13.4. The summed E-state index contributed by atoms with van der Waals surface area (Å²) in [4.78, 5) is 2.29. The fourth-order valence-electron chi connectivity index (χ4n) is 4.30. The van der Waals surface area contributed by atoms with Crippen LogP contribution in [0.25, 0.3) is 10.8 Å². The Morgan fingerprint density at radius 1 is 1.00 bits per heavy atom. The Hall–Kier alpha value is -2.48. The molecule has 2 heterocycles.